The van der Waals surface area contributed by atoms with Gasteiger partial charge in [-0.1, -0.05) is 20.3 Å². The third-order valence-electron chi connectivity index (χ3n) is 3.20. The topological polar surface area (TPSA) is 29.3 Å². The maximum Gasteiger partial charge on any atom is 0.0221 e. The summed E-state index contributed by atoms with van der Waals surface area (Å²) < 4.78 is 0. The lowest BCUT2D eigenvalue weighted by Gasteiger charge is -2.30. The van der Waals surface area contributed by atoms with Crippen LogP contribution in [0.15, 0.2) is 0 Å². The summed E-state index contributed by atoms with van der Waals surface area (Å²) in [4.78, 5) is 2.61. The molecule has 1 heterocycles. The molecule has 0 aliphatic carbocycles. The smallest absolute Gasteiger partial charge is 0.0221 e. The van der Waals surface area contributed by atoms with Crippen LogP contribution in [0.2, 0.25) is 0 Å². The predicted octanol–water partition coefficient (Wildman–Crippen LogP) is 1.84. The van der Waals surface area contributed by atoms with E-state index in [0.29, 0.717) is 6.04 Å². The first-order valence-corrected chi connectivity index (χ1v) is 5.64. The van der Waals surface area contributed by atoms with Crippen molar-refractivity contribution in [1.29, 1.82) is 0 Å². The fourth-order valence-electron chi connectivity index (χ4n) is 2.59. The summed E-state index contributed by atoms with van der Waals surface area (Å²) in [5.41, 5.74) is 5.80. The first kappa shape index (κ1) is 11.0. The van der Waals surface area contributed by atoms with Crippen LogP contribution >= 0.6 is 0 Å². The van der Waals surface area contributed by atoms with Gasteiger partial charge in [0.1, 0.15) is 0 Å². The van der Waals surface area contributed by atoms with Crippen molar-refractivity contribution in [2.24, 2.45) is 11.7 Å². The molecular formula is C11H24N2. The molecule has 78 valence electrons. The Bertz CT molecular complexity index is 147. The van der Waals surface area contributed by atoms with Gasteiger partial charge in [-0.15, -0.1) is 0 Å². The Morgan fingerprint density at radius 2 is 2.15 bits per heavy atom. The van der Waals surface area contributed by atoms with Crippen LogP contribution in [0.25, 0.3) is 0 Å². The molecule has 2 nitrogen and oxygen atoms in total. The monoisotopic (exact) mass is 184 g/mol. The minimum atomic E-state index is 0.630. The fourth-order valence-corrected chi connectivity index (χ4v) is 2.59. The number of rotatable bonds is 4. The van der Waals surface area contributed by atoms with Crippen molar-refractivity contribution in [3.05, 3.63) is 0 Å². The fraction of sp³-hybridized carbons (Fsp3) is 1.00. The summed E-state index contributed by atoms with van der Waals surface area (Å²) in [7, 11) is 0. The number of likely N-dealkylation sites (tertiary alicyclic amines) is 1. The van der Waals surface area contributed by atoms with Gasteiger partial charge in [-0.25, -0.2) is 0 Å². The molecule has 13 heavy (non-hydrogen) atoms. The molecule has 0 amide bonds. The zero-order chi connectivity index (χ0) is 9.84. The molecule has 3 unspecified atom stereocenters. The van der Waals surface area contributed by atoms with Crippen LogP contribution in [0.5, 0.6) is 0 Å². The standard InChI is InChI=1S/C11H24N2/c1-4-5-11(7-12)13-8-9(2)6-10(13)3/h9-11H,4-8,12H2,1-3H3. The van der Waals surface area contributed by atoms with Crippen LogP contribution in [0.3, 0.4) is 0 Å². The van der Waals surface area contributed by atoms with Crippen LogP contribution in [0.1, 0.15) is 40.0 Å². The van der Waals surface area contributed by atoms with E-state index >= 15 is 0 Å². The third-order valence-corrected chi connectivity index (χ3v) is 3.20. The molecule has 0 radical (unpaired) electrons. The molecule has 1 saturated heterocycles. The molecule has 1 aliphatic heterocycles. The van der Waals surface area contributed by atoms with Gasteiger partial charge in [0.2, 0.25) is 0 Å². The van der Waals surface area contributed by atoms with Gasteiger partial charge in [0.25, 0.3) is 0 Å². The lowest BCUT2D eigenvalue weighted by molar-refractivity contribution is 0.181. The second kappa shape index (κ2) is 4.97. The number of nitrogens with two attached hydrogens (primary N) is 1. The summed E-state index contributed by atoms with van der Waals surface area (Å²) in [6.07, 6.45) is 3.85. The SMILES string of the molecule is CCCC(CN)N1CC(C)CC1C. The third kappa shape index (κ3) is 2.68. The van der Waals surface area contributed by atoms with Crippen LogP contribution in [0.4, 0.5) is 0 Å². The Balaban J connectivity index is 2.48. The lowest BCUT2D eigenvalue weighted by Crippen LogP contribution is -2.42. The van der Waals surface area contributed by atoms with Crippen LogP contribution in [-0.2, 0) is 0 Å². The minimum absolute atomic E-state index is 0.630. The Kier molecular flexibility index (Phi) is 4.20. The van der Waals surface area contributed by atoms with Crippen molar-refractivity contribution in [3.8, 4) is 0 Å². The van der Waals surface area contributed by atoms with E-state index in [0.717, 1.165) is 18.5 Å². The molecule has 2 N–H and O–H groups in total. The zero-order valence-electron chi connectivity index (χ0n) is 9.29. The van der Waals surface area contributed by atoms with Crippen LogP contribution in [0, 0.1) is 5.92 Å². The highest BCUT2D eigenvalue weighted by Gasteiger charge is 2.30. The maximum atomic E-state index is 5.80. The molecular weight excluding hydrogens is 160 g/mol. The van der Waals surface area contributed by atoms with E-state index in [1.165, 1.54) is 25.8 Å². The Labute approximate surface area is 82.5 Å². The summed E-state index contributed by atoms with van der Waals surface area (Å²) in [6, 6.07) is 1.38. The molecule has 2 heteroatoms. The Hall–Kier alpha value is -0.0800. The number of hydrogen-bond donors (Lipinski definition) is 1. The minimum Gasteiger partial charge on any atom is -0.329 e. The van der Waals surface area contributed by atoms with E-state index in [2.05, 4.69) is 25.7 Å². The van der Waals surface area contributed by atoms with E-state index in [4.69, 9.17) is 5.73 Å². The second-order valence-corrected chi connectivity index (χ2v) is 4.56. The average molecular weight is 184 g/mol. The van der Waals surface area contributed by atoms with Gasteiger partial charge in [0.05, 0.1) is 0 Å². The van der Waals surface area contributed by atoms with Crippen LogP contribution < -0.4 is 5.73 Å². The van der Waals surface area contributed by atoms with Gasteiger partial charge >= 0.3 is 0 Å². The first-order chi connectivity index (χ1) is 6.19. The normalized spacial score (nSPS) is 32.3. The molecule has 0 aromatic heterocycles. The molecule has 0 spiro atoms. The van der Waals surface area contributed by atoms with E-state index in [1.807, 2.05) is 0 Å². The van der Waals surface area contributed by atoms with Crippen molar-refractivity contribution in [2.75, 3.05) is 13.1 Å². The summed E-state index contributed by atoms with van der Waals surface area (Å²) in [6.45, 7) is 9.00. The van der Waals surface area contributed by atoms with Gasteiger partial charge in [-0.2, -0.15) is 0 Å². The number of nitrogens with zero attached hydrogens (tertiary/aromatic N) is 1. The largest absolute Gasteiger partial charge is 0.329 e. The Morgan fingerprint density at radius 1 is 1.46 bits per heavy atom. The summed E-state index contributed by atoms with van der Waals surface area (Å²) in [5, 5.41) is 0. The predicted molar refractivity (Wildman–Crippen MR) is 57.7 cm³/mol. The zero-order valence-corrected chi connectivity index (χ0v) is 9.29. The molecule has 0 bridgehead atoms. The summed E-state index contributed by atoms with van der Waals surface area (Å²) >= 11 is 0. The van der Waals surface area contributed by atoms with Gasteiger partial charge < -0.3 is 5.73 Å². The lowest BCUT2D eigenvalue weighted by atomic mass is 10.1. The molecule has 3 atom stereocenters. The highest BCUT2D eigenvalue weighted by Crippen LogP contribution is 2.25. The first-order valence-electron chi connectivity index (χ1n) is 5.64. The quantitative estimate of drug-likeness (QED) is 0.722. The molecule has 0 saturated carbocycles. The summed E-state index contributed by atoms with van der Waals surface area (Å²) in [5.74, 6) is 0.862. The number of hydrogen-bond acceptors (Lipinski definition) is 2. The molecule has 1 aliphatic rings. The van der Waals surface area contributed by atoms with Gasteiger partial charge in [-0.3, -0.25) is 4.90 Å². The van der Waals surface area contributed by atoms with Crippen molar-refractivity contribution >= 4 is 0 Å². The molecule has 1 rings (SSSR count). The van der Waals surface area contributed by atoms with E-state index in [1.54, 1.807) is 0 Å². The highest BCUT2D eigenvalue weighted by molar-refractivity contribution is 4.85. The van der Waals surface area contributed by atoms with Crippen LogP contribution in [-0.4, -0.2) is 30.1 Å². The second-order valence-electron chi connectivity index (χ2n) is 4.56. The van der Waals surface area contributed by atoms with E-state index in [9.17, 15) is 0 Å². The maximum absolute atomic E-state index is 5.80. The van der Waals surface area contributed by atoms with E-state index in [-0.39, 0.29) is 0 Å². The highest BCUT2D eigenvalue weighted by atomic mass is 15.2. The molecule has 0 aromatic rings. The van der Waals surface area contributed by atoms with E-state index < -0.39 is 0 Å². The van der Waals surface area contributed by atoms with Gasteiger partial charge in [-0.05, 0) is 25.7 Å². The van der Waals surface area contributed by atoms with Crippen molar-refractivity contribution < 1.29 is 0 Å². The van der Waals surface area contributed by atoms with Crippen molar-refractivity contribution in [3.63, 3.8) is 0 Å². The van der Waals surface area contributed by atoms with Gasteiger partial charge in [0, 0.05) is 25.2 Å². The molecule has 0 aromatic carbocycles. The van der Waals surface area contributed by atoms with Gasteiger partial charge in [0.15, 0.2) is 0 Å². The molecule has 1 fully saturated rings. The van der Waals surface area contributed by atoms with Crippen molar-refractivity contribution in [1.82, 2.24) is 4.90 Å². The average Bonchev–Trinajstić information content (AvgIpc) is 2.41. The van der Waals surface area contributed by atoms with Crippen molar-refractivity contribution in [2.45, 2.75) is 52.1 Å². The Morgan fingerprint density at radius 3 is 2.54 bits per heavy atom.